The van der Waals surface area contributed by atoms with E-state index in [1.165, 1.54) is 11.3 Å². The summed E-state index contributed by atoms with van der Waals surface area (Å²) in [6, 6.07) is 12.7. The summed E-state index contributed by atoms with van der Waals surface area (Å²) in [6.45, 7) is 7.23. The standard InChI is InChI=1S/C25H30N2O4S2/c1-5-27(25(29)23(17(2)3)26-24(28)22-9-7-13-33-22)15-18-10-11-20(21(14-18)30-4)31-16-19-8-6-12-32-19/h6-14,17,23H,5,15-16H2,1-4H3,(H,26,28). The molecular weight excluding hydrogens is 456 g/mol. The molecule has 176 valence electrons. The Balaban J connectivity index is 1.69. The summed E-state index contributed by atoms with van der Waals surface area (Å²) in [7, 11) is 1.61. The van der Waals surface area contributed by atoms with E-state index in [1.54, 1.807) is 29.4 Å². The highest BCUT2D eigenvalue weighted by atomic mass is 32.1. The predicted octanol–water partition coefficient (Wildman–Crippen LogP) is 5.20. The maximum absolute atomic E-state index is 13.3. The van der Waals surface area contributed by atoms with Gasteiger partial charge in [0.05, 0.1) is 12.0 Å². The third-order valence-corrected chi connectivity index (χ3v) is 6.93. The Bertz CT molecular complexity index is 1030. The van der Waals surface area contributed by atoms with Crippen molar-refractivity contribution in [2.24, 2.45) is 5.92 Å². The number of nitrogens with one attached hydrogen (secondary N) is 1. The normalized spacial score (nSPS) is 11.8. The number of carbonyl (C=O) groups is 2. The number of rotatable bonds is 11. The minimum Gasteiger partial charge on any atom is -0.493 e. The van der Waals surface area contributed by atoms with Gasteiger partial charge in [-0.25, -0.2) is 0 Å². The van der Waals surface area contributed by atoms with Gasteiger partial charge in [-0.05, 0) is 53.4 Å². The summed E-state index contributed by atoms with van der Waals surface area (Å²) in [4.78, 5) is 29.4. The van der Waals surface area contributed by atoms with Crippen LogP contribution in [0.15, 0.2) is 53.2 Å². The first kappa shape index (κ1) is 24.8. The fourth-order valence-corrected chi connectivity index (χ4v) is 4.61. The predicted molar refractivity (Wildman–Crippen MR) is 133 cm³/mol. The molecule has 2 heterocycles. The lowest BCUT2D eigenvalue weighted by molar-refractivity contribution is -0.134. The molecule has 2 aromatic heterocycles. The van der Waals surface area contributed by atoms with Crippen molar-refractivity contribution >= 4 is 34.5 Å². The van der Waals surface area contributed by atoms with Gasteiger partial charge in [-0.1, -0.05) is 32.0 Å². The topological polar surface area (TPSA) is 67.9 Å². The first-order chi connectivity index (χ1) is 15.9. The van der Waals surface area contributed by atoms with Gasteiger partial charge >= 0.3 is 0 Å². The lowest BCUT2D eigenvalue weighted by Gasteiger charge is -2.29. The van der Waals surface area contributed by atoms with E-state index in [0.717, 1.165) is 10.4 Å². The molecule has 33 heavy (non-hydrogen) atoms. The summed E-state index contributed by atoms with van der Waals surface area (Å²) >= 11 is 3.00. The third kappa shape index (κ3) is 6.58. The van der Waals surface area contributed by atoms with E-state index >= 15 is 0 Å². The van der Waals surface area contributed by atoms with Crippen molar-refractivity contribution in [3.05, 3.63) is 68.5 Å². The summed E-state index contributed by atoms with van der Waals surface area (Å²) in [5.74, 6) is 0.917. The lowest BCUT2D eigenvalue weighted by atomic mass is 10.0. The number of hydrogen-bond donors (Lipinski definition) is 1. The number of methoxy groups -OCH3 is 1. The van der Waals surface area contributed by atoms with Crippen LogP contribution in [0.25, 0.3) is 0 Å². The average Bonchev–Trinajstić information content (AvgIpc) is 3.53. The molecule has 1 atom stereocenters. The fraction of sp³-hybridized carbons (Fsp3) is 0.360. The number of nitrogens with zero attached hydrogens (tertiary/aromatic N) is 1. The Morgan fingerprint density at radius 3 is 2.42 bits per heavy atom. The maximum Gasteiger partial charge on any atom is 0.262 e. The van der Waals surface area contributed by atoms with Gasteiger partial charge in [0.1, 0.15) is 12.6 Å². The van der Waals surface area contributed by atoms with Crippen molar-refractivity contribution in [1.29, 1.82) is 0 Å². The molecule has 1 unspecified atom stereocenters. The number of thiophene rings is 2. The van der Waals surface area contributed by atoms with E-state index in [-0.39, 0.29) is 17.7 Å². The van der Waals surface area contributed by atoms with Crippen LogP contribution < -0.4 is 14.8 Å². The highest BCUT2D eigenvalue weighted by molar-refractivity contribution is 7.12. The van der Waals surface area contributed by atoms with Crippen molar-refractivity contribution in [2.75, 3.05) is 13.7 Å². The van der Waals surface area contributed by atoms with Crippen LogP contribution in [0.3, 0.4) is 0 Å². The smallest absolute Gasteiger partial charge is 0.262 e. The van der Waals surface area contributed by atoms with Gasteiger partial charge in [-0.2, -0.15) is 0 Å². The molecule has 0 saturated carbocycles. The number of hydrogen-bond acceptors (Lipinski definition) is 6. The van der Waals surface area contributed by atoms with E-state index in [4.69, 9.17) is 9.47 Å². The van der Waals surface area contributed by atoms with E-state index in [0.29, 0.717) is 36.1 Å². The van der Waals surface area contributed by atoms with Crippen molar-refractivity contribution in [3.63, 3.8) is 0 Å². The molecule has 3 rings (SSSR count). The molecule has 0 aliphatic carbocycles. The van der Waals surface area contributed by atoms with Crippen LogP contribution in [0.1, 0.15) is 40.9 Å². The first-order valence-electron chi connectivity index (χ1n) is 10.9. The molecule has 2 amide bonds. The highest BCUT2D eigenvalue weighted by Crippen LogP contribution is 2.30. The van der Waals surface area contributed by atoms with Crippen LogP contribution in [-0.4, -0.2) is 36.4 Å². The second-order valence-corrected chi connectivity index (χ2v) is 9.86. The number of ether oxygens (including phenoxy) is 2. The molecule has 6 nitrogen and oxygen atoms in total. The van der Waals surface area contributed by atoms with E-state index in [2.05, 4.69) is 5.32 Å². The van der Waals surface area contributed by atoms with Gasteiger partial charge < -0.3 is 19.7 Å². The summed E-state index contributed by atoms with van der Waals surface area (Å²) in [5.41, 5.74) is 0.928. The number of benzene rings is 1. The van der Waals surface area contributed by atoms with Crippen molar-refractivity contribution in [3.8, 4) is 11.5 Å². The second kappa shape index (κ2) is 11.9. The fourth-order valence-electron chi connectivity index (χ4n) is 3.37. The number of amides is 2. The molecule has 0 spiro atoms. The maximum atomic E-state index is 13.3. The van der Waals surface area contributed by atoms with Gasteiger partial charge in [0.25, 0.3) is 5.91 Å². The SMILES string of the molecule is CCN(Cc1ccc(OCc2cccs2)c(OC)c1)C(=O)C(NC(=O)c1cccs1)C(C)C. The molecule has 0 bridgehead atoms. The van der Waals surface area contributed by atoms with Crippen LogP contribution in [0, 0.1) is 5.92 Å². The average molecular weight is 487 g/mol. The summed E-state index contributed by atoms with van der Waals surface area (Å²) in [5, 5.41) is 6.78. The zero-order chi connectivity index (χ0) is 23.8. The van der Waals surface area contributed by atoms with Gasteiger partial charge in [0, 0.05) is 18.0 Å². The lowest BCUT2D eigenvalue weighted by Crippen LogP contribution is -2.50. The summed E-state index contributed by atoms with van der Waals surface area (Å²) in [6.07, 6.45) is 0. The van der Waals surface area contributed by atoms with Crippen LogP contribution in [0.4, 0.5) is 0 Å². The largest absolute Gasteiger partial charge is 0.493 e. The Kier molecular flexibility index (Phi) is 8.91. The number of likely N-dealkylation sites (N-methyl/N-ethyl adjacent to an activating group) is 1. The Morgan fingerprint density at radius 1 is 1.06 bits per heavy atom. The molecule has 1 N–H and O–H groups in total. The molecule has 0 saturated heterocycles. The highest BCUT2D eigenvalue weighted by Gasteiger charge is 2.29. The van der Waals surface area contributed by atoms with Gasteiger partial charge in [0.15, 0.2) is 11.5 Å². The van der Waals surface area contributed by atoms with Gasteiger partial charge in [-0.3, -0.25) is 9.59 Å². The minimum atomic E-state index is -0.602. The molecule has 0 aliphatic rings. The summed E-state index contributed by atoms with van der Waals surface area (Å²) < 4.78 is 11.4. The van der Waals surface area contributed by atoms with E-state index < -0.39 is 6.04 Å². The van der Waals surface area contributed by atoms with Gasteiger partial charge in [-0.15, -0.1) is 22.7 Å². The zero-order valence-electron chi connectivity index (χ0n) is 19.4. The monoisotopic (exact) mass is 486 g/mol. The quantitative estimate of drug-likeness (QED) is 0.405. The molecule has 0 radical (unpaired) electrons. The molecular formula is C25H30N2O4S2. The first-order valence-corrected chi connectivity index (χ1v) is 12.6. The number of carbonyl (C=O) groups excluding carboxylic acids is 2. The third-order valence-electron chi connectivity index (χ3n) is 5.21. The molecule has 3 aromatic rings. The van der Waals surface area contributed by atoms with Crippen LogP contribution in [-0.2, 0) is 17.9 Å². The molecule has 1 aromatic carbocycles. The second-order valence-electron chi connectivity index (χ2n) is 7.88. The van der Waals surface area contributed by atoms with Crippen LogP contribution in [0.2, 0.25) is 0 Å². The molecule has 0 aliphatic heterocycles. The molecule has 8 heteroatoms. The van der Waals surface area contributed by atoms with Crippen LogP contribution in [0.5, 0.6) is 11.5 Å². The minimum absolute atomic E-state index is 0.0435. The van der Waals surface area contributed by atoms with Crippen LogP contribution >= 0.6 is 22.7 Å². The van der Waals surface area contributed by atoms with Crippen molar-refractivity contribution in [1.82, 2.24) is 10.2 Å². The Hall–Kier alpha value is -2.84. The van der Waals surface area contributed by atoms with Gasteiger partial charge in [0.2, 0.25) is 5.91 Å². The van der Waals surface area contributed by atoms with Crippen molar-refractivity contribution < 1.29 is 19.1 Å². The van der Waals surface area contributed by atoms with Crippen molar-refractivity contribution in [2.45, 2.75) is 40.0 Å². The zero-order valence-corrected chi connectivity index (χ0v) is 21.0. The Labute approximate surface area is 203 Å². The van der Waals surface area contributed by atoms with E-state index in [1.807, 2.05) is 67.9 Å². The Morgan fingerprint density at radius 2 is 1.82 bits per heavy atom. The molecule has 0 fully saturated rings. The van der Waals surface area contributed by atoms with E-state index in [9.17, 15) is 9.59 Å².